The average Bonchev–Trinajstić information content (AvgIpc) is 2.66. The van der Waals surface area contributed by atoms with Crippen LogP contribution in [-0.2, 0) is 21.4 Å². The number of hydrogen-bond donors (Lipinski definition) is 1. The molecule has 0 aliphatic carbocycles. The molecule has 1 N–H and O–H groups in total. The van der Waals surface area contributed by atoms with Gasteiger partial charge in [0.2, 0.25) is 15.9 Å². The van der Waals surface area contributed by atoms with Crippen LogP contribution in [0.5, 0.6) is 0 Å². The summed E-state index contributed by atoms with van der Waals surface area (Å²) in [4.78, 5) is 12.9. The lowest BCUT2D eigenvalue weighted by Gasteiger charge is -2.31. The number of nitrogens with one attached hydrogen (secondary N) is 1. The molecule has 1 aliphatic rings. The Hall–Kier alpha value is -1.96. The summed E-state index contributed by atoms with van der Waals surface area (Å²) in [6.07, 6.45) is 0.833. The molecule has 1 heterocycles. The summed E-state index contributed by atoms with van der Waals surface area (Å²) in [5.41, 5.74) is 2.73. The van der Waals surface area contributed by atoms with Gasteiger partial charge in [-0.1, -0.05) is 35.4 Å². The molecule has 1 aliphatic heterocycles. The molecule has 0 saturated carbocycles. The molecule has 2 aromatic carbocycles. The third kappa shape index (κ3) is 4.68. The van der Waals surface area contributed by atoms with Gasteiger partial charge in [-0.3, -0.25) is 4.79 Å². The van der Waals surface area contributed by atoms with Gasteiger partial charge in [0.05, 0.1) is 4.90 Å². The quantitative estimate of drug-likeness (QED) is 0.742. The molecule has 0 unspecified atom stereocenters. The van der Waals surface area contributed by atoms with Gasteiger partial charge in [-0.05, 0) is 56.9 Å². The molecule has 0 radical (unpaired) electrons. The van der Waals surface area contributed by atoms with E-state index in [1.807, 2.05) is 19.1 Å². The fourth-order valence-electron chi connectivity index (χ4n) is 4.08. The molecular weight excluding hydrogens is 427 g/mol. The predicted octanol–water partition coefficient (Wildman–Crippen LogP) is 4.12. The van der Waals surface area contributed by atoms with Crippen molar-refractivity contribution in [3.05, 3.63) is 63.4 Å². The van der Waals surface area contributed by atoms with Crippen LogP contribution in [0.3, 0.4) is 0 Å². The zero-order valence-electron chi connectivity index (χ0n) is 17.3. The van der Waals surface area contributed by atoms with Crippen molar-refractivity contribution in [3.8, 4) is 0 Å². The van der Waals surface area contributed by atoms with E-state index in [9.17, 15) is 17.6 Å². The molecule has 1 saturated heterocycles. The Morgan fingerprint density at radius 1 is 1.17 bits per heavy atom. The Labute approximate surface area is 182 Å². The predicted molar refractivity (Wildman–Crippen MR) is 115 cm³/mol. The second-order valence-corrected chi connectivity index (χ2v) is 10.1. The maximum Gasteiger partial charge on any atom is 0.243 e. The number of nitrogens with zero attached hydrogens (tertiary/aromatic N) is 1. The summed E-state index contributed by atoms with van der Waals surface area (Å²) in [6.45, 7) is 6.10. The van der Waals surface area contributed by atoms with Crippen molar-refractivity contribution in [2.45, 2.75) is 45.1 Å². The molecule has 0 spiro atoms. The Balaban J connectivity index is 1.64. The summed E-state index contributed by atoms with van der Waals surface area (Å²) in [7, 11) is -3.62. The van der Waals surface area contributed by atoms with Gasteiger partial charge in [0, 0.05) is 36.1 Å². The molecule has 0 atom stereocenters. The van der Waals surface area contributed by atoms with Crippen LogP contribution < -0.4 is 5.32 Å². The first-order valence-corrected chi connectivity index (χ1v) is 11.7. The van der Waals surface area contributed by atoms with Gasteiger partial charge < -0.3 is 5.32 Å². The van der Waals surface area contributed by atoms with E-state index in [1.54, 1.807) is 19.9 Å². The maximum absolute atomic E-state index is 13.9. The minimum Gasteiger partial charge on any atom is -0.352 e. The second kappa shape index (κ2) is 9.04. The number of benzene rings is 2. The minimum absolute atomic E-state index is 0.00457. The molecule has 8 heteroatoms. The van der Waals surface area contributed by atoms with Crippen LogP contribution >= 0.6 is 11.6 Å². The molecule has 1 fully saturated rings. The summed E-state index contributed by atoms with van der Waals surface area (Å²) in [5.74, 6) is -0.996. The third-order valence-corrected chi connectivity index (χ3v) is 8.09. The van der Waals surface area contributed by atoms with Gasteiger partial charge >= 0.3 is 0 Å². The Bertz CT molecular complexity index is 1020. The number of amides is 1. The van der Waals surface area contributed by atoms with Crippen molar-refractivity contribution in [3.63, 3.8) is 0 Å². The van der Waals surface area contributed by atoms with Crippen molar-refractivity contribution in [1.29, 1.82) is 0 Å². The van der Waals surface area contributed by atoms with Gasteiger partial charge in [-0.2, -0.15) is 4.31 Å². The highest BCUT2D eigenvalue weighted by molar-refractivity contribution is 7.89. The monoisotopic (exact) mass is 452 g/mol. The summed E-state index contributed by atoms with van der Waals surface area (Å²) >= 11 is 6.00. The Morgan fingerprint density at radius 3 is 2.33 bits per heavy atom. The number of halogens is 2. The van der Waals surface area contributed by atoms with Gasteiger partial charge in [0.25, 0.3) is 0 Å². The number of carbonyl (C=O) groups is 1. The maximum atomic E-state index is 13.9. The standard InChI is InChI=1S/C22H26ClFN2O3S/c1-14-11-15(2)21(16(3)12-14)30(28,29)26-9-7-17(8-10-26)22(27)25-13-18-19(23)5-4-6-20(18)24/h4-6,11-12,17H,7-10,13H2,1-3H3,(H,25,27). The second-order valence-electron chi connectivity index (χ2n) is 7.82. The fraction of sp³-hybridized carbons (Fsp3) is 0.409. The van der Waals surface area contributed by atoms with Crippen LogP contribution in [0.2, 0.25) is 5.02 Å². The van der Waals surface area contributed by atoms with Crippen molar-refractivity contribution < 1.29 is 17.6 Å². The topological polar surface area (TPSA) is 66.5 Å². The largest absolute Gasteiger partial charge is 0.352 e. The number of aryl methyl sites for hydroxylation is 3. The van der Waals surface area contributed by atoms with Crippen molar-refractivity contribution in [2.24, 2.45) is 5.92 Å². The molecule has 30 heavy (non-hydrogen) atoms. The van der Waals surface area contributed by atoms with Crippen LogP contribution in [0.1, 0.15) is 35.1 Å². The molecule has 0 aromatic heterocycles. The van der Waals surface area contributed by atoms with Gasteiger partial charge in [0.15, 0.2) is 0 Å². The average molecular weight is 453 g/mol. The number of carbonyl (C=O) groups excluding carboxylic acids is 1. The zero-order valence-corrected chi connectivity index (χ0v) is 18.9. The van der Waals surface area contributed by atoms with E-state index in [1.165, 1.54) is 16.4 Å². The minimum atomic E-state index is -3.62. The first-order chi connectivity index (χ1) is 14.1. The van der Waals surface area contributed by atoms with E-state index in [-0.39, 0.29) is 42.0 Å². The third-order valence-electron chi connectivity index (χ3n) is 5.53. The highest BCUT2D eigenvalue weighted by atomic mass is 35.5. The van der Waals surface area contributed by atoms with Crippen molar-refractivity contribution in [1.82, 2.24) is 9.62 Å². The lowest BCUT2D eigenvalue weighted by Crippen LogP contribution is -2.43. The summed E-state index contributed by atoms with van der Waals surface area (Å²) in [6, 6.07) is 8.12. The smallest absolute Gasteiger partial charge is 0.243 e. The van der Waals surface area contributed by atoms with E-state index in [4.69, 9.17) is 11.6 Å². The van der Waals surface area contributed by atoms with E-state index >= 15 is 0 Å². The lowest BCUT2D eigenvalue weighted by atomic mass is 9.97. The van der Waals surface area contributed by atoms with E-state index in [0.29, 0.717) is 17.7 Å². The van der Waals surface area contributed by atoms with Crippen LogP contribution in [0, 0.1) is 32.5 Å². The van der Waals surface area contributed by atoms with Gasteiger partial charge in [0.1, 0.15) is 5.82 Å². The molecule has 0 bridgehead atoms. The highest BCUT2D eigenvalue weighted by Crippen LogP contribution is 2.29. The molecule has 2 aromatic rings. The van der Waals surface area contributed by atoms with Crippen LogP contribution in [-0.4, -0.2) is 31.7 Å². The van der Waals surface area contributed by atoms with Crippen LogP contribution in [0.4, 0.5) is 4.39 Å². The first kappa shape index (κ1) is 22.7. The molecule has 3 rings (SSSR count). The number of sulfonamides is 1. The summed E-state index contributed by atoms with van der Waals surface area (Å²) < 4.78 is 41.7. The molecule has 1 amide bonds. The fourth-order valence-corrected chi connectivity index (χ4v) is 6.19. The Kier molecular flexibility index (Phi) is 6.84. The lowest BCUT2D eigenvalue weighted by molar-refractivity contribution is -0.126. The van der Waals surface area contributed by atoms with Crippen molar-refractivity contribution in [2.75, 3.05) is 13.1 Å². The van der Waals surface area contributed by atoms with E-state index in [0.717, 1.165) is 16.7 Å². The van der Waals surface area contributed by atoms with Gasteiger partial charge in [-0.25, -0.2) is 12.8 Å². The highest BCUT2D eigenvalue weighted by Gasteiger charge is 2.33. The molecular formula is C22H26ClFN2O3S. The normalized spacial score (nSPS) is 15.9. The first-order valence-electron chi connectivity index (χ1n) is 9.90. The Morgan fingerprint density at radius 2 is 1.77 bits per heavy atom. The SMILES string of the molecule is Cc1cc(C)c(S(=O)(=O)N2CCC(C(=O)NCc3c(F)cccc3Cl)CC2)c(C)c1. The zero-order chi connectivity index (χ0) is 22.1. The number of hydrogen-bond acceptors (Lipinski definition) is 3. The van der Waals surface area contributed by atoms with Crippen LogP contribution in [0.25, 0.3) is 0 Å². The molecule has 5 nitrogen and oxygen atoms in total. The van der Waals surface area contributed by atoms with E-state index < -0.39 is 15.8 Å². The van der Waals surface area contributed by atoms with Gasteiger partial charge in [-0.15, -0.1) is 0 Å². The van der Waals surface area contributed by atoms with Crippen molar-refractivity contribution >= 4 is 27.5 Å². The van der Waals surface area contributed by atoms with Crippen LogP contribution in [0.15, 0.2) is 35.2 Å². The number of piperidine rings is 1. The molecule has 162 valence electrons. The summed E-state index contributed by atoms with van der Waals surface area (Å²) in [5, 5.41) is 2.99. The number of rotatable bonds is 5. The van der Waals surface area contributed by atoms with E-state index in [2.05, 4.69) is 5.32 Å².